The molecule has 0 aromatic heterocycles. The molecule has 1 fully saturated rings. The van der Waals surface area contributed by atoms with Crippen LogP contribution in [0.4, 0.5) is 0 Å². The van der Waals surface area contributed by atoms with Crippen LogP contribution >= 0.6 is 39.3 Å². The van der Waals surface area contributed by atoms with Crippen molar-refractivity contribution in [2.24, 2.45) is 0 Å². The molecular weight excluding hydrogens is 282 g/mol. The molecule has 2 rings (SSSR count). The summed E-state index contributed by atoms with van der Waals surface area (Å²) < 4.78 is 1.09. The number of rotatable bonds is 1. The monoisotopic (exact) mass is 291 g/mol. The molecule has 1 unspecified atom stereocenters. The van der Waals surface area contributed by atoms with Gasteiger partial charge >= 0.3 is 0 Å². The van der Waals surface area contributed by atoms with Crippen molar-refractivity contribution < 1.29 is 0 Å². The largest absolute Gasteiger partial charge is 0.302 e. The average molecular weight is 293 g/mol. The van der Waals surface area contributed by atoms with Gasteiger partial charge in [0.1, 0.15) is 0 Å². The molecule has 1 aliphatic rings. The van der Waals surface area contributed by atoms with Crippen molar-refractivity contribution >= 4 is 39.3 Å². The van der Waals surface area contributed by atoms with Crippen LogP contribution in [0.3, 0.4) is 0 Å². The van der Waals surface area contributed by atoms with E-state index in [9.17, 15) is 0 Å². The highest BCUT2D eigenvalue weighted by atomic mass is 79.9. The summed E-state index contributed by atoms with van der Waals surface area (Å²) in [7, 11) is 0. The molecular formula is C10H11BrClNS. The Balaban J connectivity index is 2.22. The van der Waals surface area contributed by atoms with E-state index in [1.54, 1.807) is 0 Å². The number of thioether (sulfide) groups is 1. The second kappa shape index (κ2) is 4.88. The maximum absolute atomic E-state index is 5.90. The Kier molecular flexibility index (Phi) is 3.77. The topological polar surface area (TPSA) is 12.0 Å². The molecule has 1 nitrogen and oxygen atoms in total. The fourth-order valence-electron chi connectivity index (χ4n) is 1.48. The molecule has 1 atom stereocenters. The Morgan fingerprint density at radius 2 is 2.36 bits per heavy atom. The first-order valence-corrected chi connectivity index (χ1v) is 6.79. The lowest BCUT2D eigenvalue weighted by molar-refractivity contribution is 0.641. The molecule has 0 aliphatic carbocycles. The summed E-state index contributed by atoms with van der Waals surface area (Å²) in [6.45, 7) is 1.10. The first kappa shape index (κ1) is 10.8. The van der Waals surface area contributed by atoms with Gasteiger partial charge in [0.2, 0.25) is 0 Å². The Morgan fingerprint density at radius 3 is 3.00 bits per heavy atom. The van der Waals surface area contributed by atoms with E-state index in [0.29, 0.717) is 5.37 Å². The van der Waals surface area contributed by atoms with Gasteiger partial charge in [0.15, 0.2) is 0 Å². The van der Waals surface area contributed by atoms with Crippen molar-refractivity contribution in [2.45, 2.75) is 11.8 Å². The third-order valence-corrected chi connectivity index (χ3v) is 4.38. The predicted octanol–water partition coefficient (Wildman–Crippen LogP) is 3.83. The molecule has 1 aromatic carbocycles. The zero-order valence-electron chi connectivity index (χ0n) is 7.59. The van der Waals surface area contributed by atoms with Gasteiger partial charge in [-0.2, -0.15) is 0 Å². The van der Waals surface area contributed by atoms with Crippen LogP contribution in [0.25, 0.3) is 0 Å². The van der Waals surface area contributed by atoms with Gasteiger partial charge in [-0.15, -0.1) is 11.8 Å². The van der Waals surface area contributed by atoms with Crippen LogP contribution in [0.15, 0.2) is 22.7 Å². The molecule has 0 spiro atoms. The summed E-state index contributed by atoms with van der Waals surface area (Å²) in [4.78, 5) is 0. The first-order chi connectivity index (χ1) is 6.77. The fraction of sp³-hybridized carbons (Fsp3) is 0.400. The predicted molar refractivity (Wildman–Crippen MR) is 67.0 cm³/mol. The van der Waals surface area contributed by atoms with Crippen LogP contribution in [-0.2, 0) is 0 Å². The summed E-state index contributed by atoms with van der Waals surface area (Å²) in [5.41, 5.74) is 1.29. The maximum atomic E-state index is 5.90. The van der Waals surface area contributed by atoms with Gasteiger partial charge in [0, 0.05) is 9.50 Å². The van der Waals surface area contributed by atoms with E-state index in [2.05, 4.69) is 27.3 Å². The molecule has 0 radical (unpaired) electrons. The lowest BCUT2D eigenvalue weighted by Gasteiger charge is -2.24. The third-order valence-electron chi connectivity index (χ3n) is 2.18. The molecule has 1 N–H and O–H groups in total. The van der Waals surface area contributed by atoms with Gasteiger partial charge in [-0.1, -0.05) is 33.6 Å². The van der Waals surface area contributed by atoms with E-state index in [1.165, 1.54) is 17.7 Å². The third kappa shape index (κ3) is 2.45. The molecule has 1 saturated heterocycles. The molecule has 1 aromatic rings. The molecule has 4 heteroatoms. The number of benzene rings is 1. The Morgan fingerprint density at radius 1 is 1.50 bits per heavy atom. The molecule has 0 saturated carbocycles. The normalized spacial score (nSPS) is 22.3. The van der Waals surface area contributed by atoms with E-state index in [4.69, 9.17) is 11.6 Å². The summed E-state index contributed by atoms with van der Waals surface area (Å²) in [6.07, 6.45) is 1.26. The standard InChI is InChI=1S/C10H11BrClNS/c11-9-6-7(12)2-3-8(9)10-13-4-1-5-14-10/h2-3,6,10,13H,1,4-5H2. The molecule has 0 bridgehead atoms. The second-order valence-electron chi connectivity index (χ2n) is 3.22. The summed E-state index contributed by atoms with van der Waals surface area (Å²) in [5, 5.41) is 4.68. The molecule has 0 amide bonds. The Hall–Kier alpha value is 0.300. The smallest absolute Gasteiger partial charge is 0.0800 e. The quantitative estimate of drug-likeness (QED) is 0.844. The van der Waals surface area contributed by atoms with Gasteiger partial charge in [-0.3, -0.25) is 0 Å². The van der Waals surface area contributed by atoms with Crippen LogP contribution < -0.4 is 5.32 Å². The van der Waals surface area contributed by atoms with E-state index in [0.717, 1.165) is 16.0 Å². The number of halogens is 2. The van der Waals surface area contributed by atoms with Crippen molar-refractivity contribution in [3.05, 3.63) is 33.3 Å². The highest BCUT2D eigenvalue weighted by Crippen LogP contribution is 2.35. The van der Waals surface area contributed by atoms with Crippen molar-refractivity contribution in [3.8, 4) is 0 Å². The van der Waals surface area contributed by atoms with E-state index < -0.39 is 0 Å². The van der Waals surface area contributed by atoms with E-state index in [-0.39, 0.29) is 0 Å². The summed E-state index contributed by atoms with van der Waals surface area (Å²) in [5.74, 6) is 1.23. The summed E-state index contributed by atoms with van der Waals surface area (Å²) >= 11 is 11.4. The lowest BCUT2D eigenvalue weighted by Crippen LogP contribution is -2.25. The first-order valence-electron chi connectivity index (χ1n) is 4.57. The zero-order chi connectivity index (χ0) is 9.97. The van der Waals surface area contributed by atoms with Gasteiger partial charge in [0.05, 0.1) is 5.37 Å². The summed E-state index contributed by atoms with van der Waals surface area (Å²) in [6, 6.07) is 5.98. The van der Waals surface area contributed by atoms with Gasteiger partial charge in [0.25, 0.3) is 0 Å². The van der Waals surface area contributed by atoms with E-state index >= 15 is 0 Å². The highest BCUT2D eigenvalue weighted by Gasteiger charge is 2.17. The van der Waals surface area contributed by atoms with Crippen LogP contribution in [0.5, 0.6) is 0 Å². The minimum atomic E-state index is 0.412. The van der Waals surface area contributed by atoms with Gasteiger partial charge in [-0.05, 0) is 36.4 Å². The lowest BCUT2D eigenvalue weighted by atomic mass is 10.2. The van der Waals surface area contributed by atoms with Crippen molar-refractivity contribution in [1.29, 1.82) is 0 Å². The zero-order valence-corrected chi connectivity index (χ0v) is 10.8. The van der Waals surface area contributed by atoms with Crippen molar-refractivity contribution in [1.82, 2.24) is 5.32 Å². The molecule has 76 valence electrons. The maximum Gasteiger partial charge on any atom is 0.0800 e. The Bertz CT molecular complexity index is 326. The van der Waals surface area contributed by atoms with Crippen LogP contribution in [0, 0.1) is 0 Å². The van der Waals surface area contributed by atoms with E-state index in [1.807, 2.05) is 23.9 Å². The minimum absolute atomic E-state index is 0.412. The number of nitrogens with one attached hydrogen (secondary N) is 1. The number of hydrogen-bond donors (Lipinski definition) is 1. The Labute approximate surface area is 102 Å². The highest BCUT2D eigenvalue weighted by molar-refractivity contribution is 9.10. The molecule has 1 aliphatic heterocycles. The van der Waals surface area contributed by atoms with Crippen LogP contribution in [0.1, 0.15) is 17.4 Å². The number of hydrogen-bond acceptors (Lipinski definition) is 2. The average Bonchev–Trinajstić information content (AvgIpc) is 2.19. The molecule has 14 heavy (non-hydrogen) atoms. The molecule has 1 heterocycles. The van der Waals surface area contributed by atoms with Crippen LogP contribution in [-0.4, -0.2) is 12.3 Å². The van der Waals surface area contributed by atoms with Crippen molar-refractivity contribution in [2.75, 3.05) is 12.3 Å². The second-order valence-corrected chi connectivity index (χ2v) is 5.73. The fourth-order valence-corrected chi connectivity index (χ4v) is 3.71. The SMILES string of the molecule is Clc1ccc(C2NCCCS2)c(Br)c1. The minimum Gasteiger partial charge on any atom is -0.302 e. The van der Waals surface area contributed by atoms with Gasteiger partial charge in [-0.25, -0.2) is 0 Å². The van der Waals surface area contributed by atoms with Crippen LogP contribution in [0.2, 0.25) is 5.02 Å². The van der Waals surface area contributed by atoms with Crippen molar-refractivity contribution in [3.63, 3.8) is 0 Å². The van der Waals surface area contributed by atoms with Gasteiger partial charge < -0.3 is 5.32 Å².